The molecule has 1 aromatic heterocycles. The predicted octanol–water partition coefficient (Wildman–Crippen LogP) is 2.74. The van der Waals surface area contributed by atoms with Crippen molar-refractivity contribution in [1.82, 2.24) is 9.97 Å². The summed E-state index contributed by atoms with van der Waals surface area (Å²) in [5.41, 5.74) is 0.170. The van der Waals surface area contributed by atoms with Gasteiger partial charge in [0.05, 0.1) is 30.1 Å². The van der Waals surface area contributed by atoms with E-state index in [9.17, 15) is 18.0 Å². The number of nitrogens with zero attached hydrogens (tertiary/aromatic N) is 3. The van der Waals surface area contributed by atoms with E-state index in [1.54, 1.807) is 19.0 Å². The third-order valence-electron chi connectivity index (χ3n) is 2.97. The van der Waals surface area contributed by atoms with E-state index in [4.69, 9.17) is 0 Å². The molecule has 8 heteroatoms. The molecule has 0 aliphatic rings. The molecule has 2 aromatic rings. The number of hydrogen-bond donors (Lipinski definition) is 1. The van der Waals surface area contributed by atoms with Crippen LogP contribution in [0.3, 0.4) is 0 Å². The van der Waals surface area contributed by atoms with Crippen LogP contribution in [0.2, 0.25) is 0 Å². The molecule has 1 amide bonds. The molecule has 0 unspecified atom stereocenters. The summed E-state index contributed by atoms with van der Waals surface area (Å²) in [6, 6.07) is 4.48. The lowest BCUT2D eigenvalue weighted by molar-refractivity contribution is -0.137. The van der Waals surface area contributed by atoms with Crippen LogP contribution >= 0.6 is 0 Å². The van der Waals surface area contributed by atoms with Crippen LogP contribution in [0.15, 0.2) is 36.7 Å². The lowest BCUT2D eigenvalue weighted by atomic mass is 10.1. The quantitative estimate of drug-likeness (QED) is 0.939. The van der Waals surface area contributed by atoms with Gasteiger partial charge in [0.2, 0.25) is 11.9 Å². The first-order valence-corrected chi connectivity index (χ1v) is 6.71. The highest BCUT2D eigenvalue weighted by Gasteiger charge is 2.29. The number of halogens is 3. The molecule has 0 saturated heterocycles. The first kappa shape index (κ1) is 16.7. The van der Waals surface area contributed by atoms with Crippen molar-refractivity contribution in [2.24, 2.45) is 0 Å². The second-order valence-electron chi connectivity index (χ2n) is 5.09. The molecule has 0 atom stereocenters. The smallest absolute Gasteiger partial charge is 0.347 e. The van der Waals surface area contributed by atoms with Crippen LogP contribution < -0.4 is 10.2 Å². The van der Waals surface area contributed by atoms with Crippen molar-refractivity contribution in [2.45, 2.75) is 12.6 Å². The second-order valence-corrected chi connectivity index (χ2v) is 5.09. The molecule has 5 nitrogen and oxygen atoms in total. The fourth-order valence-corrected chi connectivity index (χ4v) is 1.82. The van der Waals surface area contributed by atoms with Crippen molar-refractivity contribution in [3.63, 3.8) is 0 Å². The first-order chi connectivity index (χ1) is 10.8. The molecule has 0 fully saturated rings. The monoisotopic (exact) mass is 324 g/mol. The van der Waals surface area contributed by atoms with Crippen LogP contribution in [0, 0.1) is 0 Å². The summed E-state index contributed by atoms with van der Waals surface area (Å²) >= 11 is 0. The molecule has 0 saturated carbocycles. The van der Waals surface area contributed by atoms with Crippen LogP contribution in [0.1, 0.15) is 11.1 Å². The Morgan fingerprint density at radius 2 is 1.70 bits per heavy atom. The van der Waals surface area contributed by atoms with E-state index in [0.29, 0.717) is 17.2 Å². The van der Waals surface area contributed by atoms with Crippen LogP contribution in [-0.2, 0) is 17.4 Å². The number of amides is 1. The number of rotatable bonds is 4. The number of carbonyl (C=O) groups is 1. The number of benzene rings is 1. The highest BCUT2D eigenvalue weighted by molar-refractivity contribution is 5.91. The number of aromatic nitrogens is 2. The SMILES string of the molecule is CN(C)c1ncc(NC(=O)Cc2ccc(C(F)(F)F)cc2)cn1. The van der Waals surface area contributed by atoms with E-state index in [1.807, 2.05) is 0 Å². The van der Waals surface area contributed by atoms with Gasteiger partial charge in [-0.05, 0) is 17.7 Å². The van der Waals surface area contributed by atoms with Crippen LogP contribution in [0.5, 0.6) is 0 Å². The summed E-state index contributed by atoms with van der Waals surface area (Å²) in [7, 11) is 3.58. The fourth-order valence-electron chi connectivity index (χ4n) is 1.82. The number of anilines is 2. The van der Waals surface area contributed by atoms with Crippen molar-refractivity contribution in [3.05, 3.63) is 47.8 Å². The minimum Gasteiger partial charge on any atom is -0.347 e. The zero-order valence-electron chi connectivity index (χ0n) is 12.6. The molecule has 1 N–H and O–H groups in total. The van der Waals surface area contributed by atoms with E-state index in [-0.39, 0.29) is 12.3 Å². The molecule has 122 valence electrons. The average molecular weight is 324 g/mol. The maximum Gasteiger partial charge on any atom is 0.416 e. The molecule has 23 heavy (non-hydrogen) atoms. The highest BCUT2D eigenvalue weighted by Crippen LogP contribution is 2.29. The summed E-state index contributed by atoms with van der Waals surface area (Å²) < 4.78 is 37.4. The Morgan fingerprint density at radius 3 is 2.17 bits per heavy atom. The standard InChI is InChI=1S/C15H15F3N4O/c1-22(2)14-19-8-12(9-20-14)21-13(23)7-10-3-5-11(6-4-10)15(16,17)18/h3-6,8-9H,7H2,1-2H3,(H,21,23). The van der Waals surface area contributed by atoms with Crippen LogP contribution in [0.25, 0.3) is 0 Å². The molecular formula is C15H15F3N4O. The van der Waals surface area contributed by atoms with Gasteiger partial charge in [-0.25, -0.2) is 9.97 Å². The fraction of sp³-hybridized carbons (Fsp3) is 0.267. The Morgan fingerprint density at radius 1 is 1.13 bits per heavy atom. The van der Waals surface area contributed by atoms with Crippen LogP contribution in [0.4, 0.5) is 24.8 Å². The lowest BCUT2D eigenvalue weighted by Gasteiger charge is -2.10. The molecule has 0 aliphatic heterocycles. The van der Waals surface area contributed by atoms with Gasteiger partial charge in [0.15, 0.2) is 0 Å². The van der Waals surface area contributed by atoms with E-state index < -0.39 is 11.7 Å². The molecule has 1 aromatic carbocycles. The van der Waals surface area contributed by atoms with Gasteiger partial charge in [0.25, 0.3) is 0 Å². The minimum absolute atomic E-state index is 0.0342. The minimum atomic E-state index is -4.38. The van der Waals surface area contributed by atoms with Gasteiger partial charge >= 0.3 is 6.18 Å². The summed E-state index contributed by atoms with van der Waals surface area (Å²) in [4.78, 5) is 21.7. The third kappa shape index (κ3) is 4.67. The van der Waals surface area contributed by atoms with Gasteiger partial charge in [0.1, 0.15) is 0 Å². The van der Waals surface area contributed by atoms with Gasteiger partial charge < -0.3 is 10.2 Å². The molecule has 0 bridgehead atoms. The van der Waals surface area contributed by atoms with Crippen LogP contribution in [-0.4, -0.2) is 30.0 Å². The molecule has 1 heterocycles. The molecule has 2 rings (SSSR count). The zero-order valence-corrected chi connectivity index (χ0v) is 12.6. The van der Waals surface area contributed by atoms with Gasteiger partial charge in [0, 0.05) is 14.1 Å². The zero-order chi connectivity index (χ0) is 17.0. The largest absolute Gasteiger partial charge is 0.416 e. The molecular weight excluding hydrogens is 309 g/mol. The van der Waals surface area contributed by atoms with E-state index in [2.05, 4.69) is 15.3 Å². The third-order valence-corrected chi connectivity index (χ3v) is 2.97. The number of alkyl halides is 3. The normalized spacial score (nSPS) is 11.2. The number of nitrogens with one attached hydrogen (secondary N) is 1. The van der Waals surface area contributed by atoms with Crippen molar-refractivity contribution in [2.75, 3.05) is 24.3 Å². The maximum absolute atomic E-state index is 12.5. The summed E-state index contributed by atoms with van der Waals surface area (Å²) in [6.45, 7) is 0. The van der Waals surface area contributed by atoms with Crippen molar-refractivity contribution >= 4 is 17.5 Å². The molecule has 0 radical (unpaired) electrons. The summed E-state index contributed by atoms with van der Waals surface area (Å²) in [5.74, 6) is 0.150. The number of hydrogen-bond acceptors (Lipinski definition) is 4. The second kappa shape index (κ2) is 6.64. The van der Waals surface area contributed by atoms with Crippen molar-refractivity contribution in [1.29, 1.82) is 0 Å². The average Bonchev–Trinajstić information content (AvgIpc) is 2.47. The van der Waals surface area contributed by atoms with Crippen molar-refractivity contribution in [3.8, 4) is 0 Å². The molecule has 0 aliphatic carbocycles. The Labute approximate surface area is 131 Å². The number of carbonyl (C=O) groups excluding carboxylic acids is 1. The maximum atomic E-state index is 12.5. The van der Waals surface area contributed by atoms with Gasteiger partial charge in [-0.2, -0.15) is 13.2 Å². The Hall–Kier alpha value is -2.64. The molecule has 0 spiro atoms. The summed E-state index contributed by atoms with van der Waals surface area (Å²) in [6.07, 6.45) is -1.49. The Balaban J connectivity index is 1.96. The van der Waals surface area contributed by atoms with Crippen molar-refractivity contribution < 1.29 is 18.0 Å². The summed E-state index contributed by atoms with van der Waals surface area (Å²) in [5, 5.41) is 2.60. The van der Waals surface area contributed by atoms with Gasteiger partial charge in [-0.15, -0.1) is 0 Å². The van der Waals surface area contributed by atoms with Gasteiger partial charge in [-0.1, -0.05) is 12.1 Å². The Bertz CT molecular complexity index is 667. The predicted molar refractivity (Wildman–Crippen MR) is 80.1 cm³/mol. The van der Waals surface area contributed by atoms with E-state index in [1.165, 1.54) is 24.5 Å². The van der Waals surface area contributed by atoms with E-state index >= 15 is 0 Å². The topological polar surface area (TPSA) is 58.1 Å². The lowest BCUT2D eigenvalue weighted by Crippen LogP contribution is -2.16. The van der Waals surface area contributed by atoms with E-state index in [0.717, 1.165) is 12.1 Å². The highest BCUT2D eigenvalue weighted by atomic mass is 19.4. The van der Waals surface area contributed by atoms with Gasteiger partial charge in [-0.3, -0.25) is 4.79 Å². The first-order valence-electron chi connectivity index (χ1n) is 6.71. The Kier molecular flexibility index (Phi) is 4.83.